The molecule has 5 atom stereocenters. The van der Waals surface area contributed by atoms with Gasteiger partial charge in [-0.3, -0.25) is 9.59 Å². The van der Waals surface area contributed by atoms with E-state index in [0.717, 1.165) is 24.8 Å². The number of Topliss-reactive ketones (excluding diaryl/α,β-unsaturated/α-hetero) is 1. The van der Waals surface area contributed by atoms with E-state index in [1.54, 1.807) is 13.4 Å². The van der Waals surface area contributed by atoms with Gasteiger partial charge < -0.3 is 19.7 Å². The average Bonchev–Trinajstić information content (AvgIpc) is 3.29. The van der Waals surface area contributed by atoms with Crippen LogP contribution >= 0.6 is 0 Å². The standard InChI is InChI=1S/C32H51N5O4/c1-19-12-11-14-31(5,6)21(3)17-23(41-25(38)13-15-32(7,8)28(40)22(4)27(19)39)20(2)16-24-35-29(33-9)26-30(36-24)37(10)18-34-26/h16,18-19,21-23,27,39H,11-15,17H2,1-10H3,(H,33,35,36)/b20-16+/t19-,21-,22+,23-,27-/m0/s1. The zero-order valence-corrected chi connectivity index (χ0v) is 26.7. The van der Waals surface area contributed by atoms with E-state index in [1.807, 2.05) is 52.3 Å². The highest BCUT2D eigenvalue weighted by Gasteiger charge is 2.38. The summed E-state index contributed by atoms with van der Waals surface area (Å²) in [4.78, 5) is 40.3. The summed E-state index contributed by atoms with van der Waals surface area (Å²) in [6.07, 6.45) is 6.36. The van der Waals surface area contributed by atoms with Crippen molar-refractivity contribution >= 4 is 34.8 Å². The van der Waals surface area contributed by atoms with Gasteiger partial charge in [0.15, 0.2) is 17.3 Å². The maximum Gasteiger partial charge on any atom is 0.306 e. The van der Waals surface area contributed by atoms with E-state index in [9.17, 15) is 14.7 Å². The minimum absolute atomic E-state index is 0.0126. The fraction of sp³-hybridized carbons (Fsp3) is 0.719. The number of hydrogen-bond donors (Lipinski definition) is 2. The number of fused-ring (bicyclic) bond motifs is 1. The first-order valence-corrected chi connectivity index (χ1v) is 15.0. The molecule has 0 saturated carbocycles. The van der Waals surface area contributed by atoms with Crippen molar-refractivity contribution < 1.29 is 19.4 Å². The van der Waals surface area contributed by atoms with Crippen molar-refractivity contribution in [2.24, 2.45) is 35.6 Å². The molecular formula is C32H51N5O4. The Labute approximate surface area is 245 Å². The number of imidazole rings is 1. The van der Waals surface area contributed by atoms with E-state index in [2.05, 4.69) is 36.1 Å². The molecule has 1 fully saturated rings. The van der Waals surface area contributed by atoms with Crippen molar-refractivity contribution in [3.63, 3.8) is 0 Å². The smallest absolute Gasteiger partial charge is 0.306 e. The number of aliphatic hydroxyl groups is 1. The zero-order chi connectivity index (χ0) is 30.7. The van der Waals surface area contributed by atoms with Crippen LogP contribution in [-0.4, -0.2) is 55.6 Å². The maximum atomic E-state index is 13.3. The first-order chi connectivity index (χ1) is 19.1. The second-order valence-corrected chi connectivity index (χ2v) is 13.6. The van der Waals surface area contributed by atoms with Crippen molar-refractivity contribution in [2.45, 2.75) is 106 Å². The molecule has 0 aliphatic carbocycles. The van der Waals surface area contributed by atoms with Gasteiger partial charge in [-0.25, -0.2) is 15.0 Å². The average molecular weight is 570 g/mol. The summed E-state index contributed by atoms with van der Waals surface area (Å²) in [5.41, 5.74) is 1.52. The summed E-state index contributed by atoms with van der Waals surface area (Å²) in [5, 5.41) is 14.1. The van der Waals surface area contributed by atoms with Crippen molar-refractivity contribution in [2.75, 3.05) is 12.4 Å². The van der Waals surface area contributed by atoms with Gasteiger partial charge >= 0.3 is 5.97 Å². The molecule has 0 radical (unpaired) electrons. The Balaban J connectivity index is 1.95. The fourth-order valence-corrected chi connectivity index (χ4v) is 5.84. The lowest BCUT2D eigenvalue weighted by molar-refractivity contribution is -0.149. The van der Waals surface area contributed by atoms with E-state index in [4.69, 9.17) is 9.72 Å². The highest BCUT2D eigenvalue weighted by Crippen LogP contribution is 2.39. The van der Waals surface area contributed by atoms with Gasteiger partial charge in [-0.1, -0.05) is 54.9 Å². The van der Waals surface area contributed by atoms with E-state index >= 15 is 0 Å². The number of nitrogens with zero attached hydrogens (tertiary/aromatic N) is 4. The van der Waals surface area contributed by atoms with Gasteiger partial charge in [0.2, 0.25) is 0 Å². The Morgan fingerprint density at radius 2 is 1.83 bits per heavy atom. The van der Waals surface area contributed by atoms with Gasteiger partial charge in [-0.15, -0.1) is 0 Å². The predicted octanol–water partition coefficient (Wildman–Crippen LogP) is 5.97. The molecule has 0 amide bonds. The third kappa shape index (κ3) is 7.73. The molecule has 0 aromatic carbocycles. The third-order valence-electron chi connectivity index (χ3n) is 9.46. The van der Waals surface area contributed by atoms with Crippen LogP contribution < -0.4 is 5.32 Å². The van der Waals surface area contributed by atoms with Gasteiger partial charge in [-0.05, 0) is 61.5 Å². The van der Waals surface area contributed by atoms with Crippen LogP contribution in [0.25, 0.3) is 17.2 Å². The largest absolute Gasteiger partial charge is 0.458 e. The number of ketones is 1. The topological polar surface area (TPSA) is 119 Å². The predicted molar refractivity (Wildman–Crippen MR) is 163 cm³/mol. The van der Waals surface area contributed by atoms with Gasteiger partial charge in [0.1, 0.15) is 17.4 Å². The first-order valence-electron chi connectivity index (χ1n) is 15.0. The Hall–Kier alpha value is -2.81. The summed E-state index contributed by atoms with van der Waals surface area (Å²) in [6, 6.07) is 0. The minimum Gasteiger partial charge on any atom is -0.458 e. The minimum atomic E-state index is -0.748. The molecule has 3 heterocycles. The van der Waals surface area contributed by atoms with Crippen LogP contribution in [0.15, 0.2) is 11.9 Å². The van der Waals surface area contributed by atoms with Crippen LogP contribution in [0.5, 0.6) is 0 Å². The van der Waals surface area contributed by atoms with Gasteiger partial charge in [0.05, 0.1) is 12.4 Å². The summed E-state index contributed by atoms with van der Waals surface area (Å²) in [5.74, 6) is 0.592. The second kappa shape index (κ2) is 13.0. The molecule has 41 heavy (non-hydrogen) atoms. The van der Waals surface area contributed by atoms with Crippen molar-refractivity contribution in [1.29, 1.82) is 0 Å². The number of rotatable bonds is 3. The van der Waals surface area contributed by atoms with Crippen LogP contribution in [0.3, 0.4) is 0 Å². The van der Waals surface area contributed by atoms with Gasteiger partial charge in [0, 0.05) is 31.8 Å². The number of aliphatic hydroxyl groups excluding tert-OH is 1. The number of cyclic esters (lactones) is 1. The number of carbonyl (C=O) groups is 2. The number of aromatic nitrogens is 4. The maximum absolute atomic E-state index is 13.3. The molecule has 0 bridgehead atoms. The van der Waals surface area contributed by atoms with Gasteiger partial charge in [-0.2, -0.15) is 0 Å². The van der Waals surface area contributed by atoms with Crippen molar-refractivity contribution in [1.82, 2.24) is 19.5 Å². The number of hydrogen-bond acceptors (Lipinski definition) is 8. The molecule has 1 aliphatic rings. The van der Waals surface area contributed by atoms with Crippen LogP contribution in [0.4, 0.5) is 5.82 Å². The quantitative estimate of drug-likeness (QED) is 0.434. The van der Waals surface area contributed by atoms with E-state index in [-0.39, 0.29) is 35.4 Å². The Morgan fingerprint density at radius 1 is 1.15 bits per heavy atom. The molecule has 228 valence electrons. The first kappa shape index (κ1) is 32.7. The number of ether oxygens (including phenoxy) is 1. The molecule has 2 N–H and O–H groups in total. The summed E-state index contributed by atoms with van der Waals surface area (Å²) >= 11 is 0. The molecular weight excluding hydrogens is 518 g/mol. The Bertz CT molecular complexity index is 1260. The molecule has 9 heteroatoms. The Kier molecular flexibility index (Phi) is 10.4. The lowest BCUT2D eigenvalue weighted by Gasteiger charge is -2.36. The second-order valence-electron chi connectivity index (χ2n) is 13.6. The number of aryl methyl sites for hydroxylation is 1. The lowest BCUT2D eigenvalue weighted by atomic mass is 9.71. The van der Waals surface area contributed by atoms with Crippen LogP contribution in [0.2, 0.25) is 0 Å². The Morgan fingerprint density at radius 3 is 2.49 bits per heavy atom. The van der Waals surface area contributed by atoms with E-state index < -0.39 is 23.5 Å². The van der Waals surface area contributed by atoms with E-state index in [0.29, 0.717) is 35.6 Å². The normalized spacial score (nSPS) is 28.9. The number of anilines is 1. The van der Waals surface area contributed by atoms with Gasteiger partial charge in [0.25, 0.3) is 0 Å². The van der Waals surface area contributed by atoms with Crippen molar-refractivity contribution in [3.05, 3.63) is 17.7 Å². The number of carbonyl (C=O) groups excluding carboxylic acids is 2. The van der Waals surface area contributed by atoms with Crippen LogP contribution in [-0.2, 0) is 21.4 Å². The summed E-state index contributed by atoms with van der Waals surface area (Å²) < 4.78 is 7.99. The number of nitrogens with one attached hydrogen (secondary N) is 1. The highest BCUT2D eigenvalue weighted by atomic mass is 16.5. The van der Waals surface area contributed by atoms with Crippen LogP contribution in [0.1, 0.15) is 99.7 Å². The molecule has 0 unspecified atom stereocenters. The molecule has 3 rings (SSSR count). The monoisotopic (exact) mass is 569 g/mol. The zero-order valence-electron chi connectivity index (χ0n) is 26.7. The molecule has 9 nitrogen and oxygen atoms in total. The lowest BCUT2D eigenvalue weighted by Crippen LogP contribution is -2.39. The fourth-order valence-electron chi connectivity index (χ4n) is 5.84. The van der Waals surface area contributed by atoms with Crippen molar-refractivity contribution in [3.8, 4) is 0 Å². The highest BCUT2D eigenvalue weighted by molar-refractivity contribution is 5.87. The molecule has 0 spiro atoms. The number of esters is 1. The van der Waals surface area contributed by atoms with Crippen LogP contribution in [0, 0.1) is 28.6 Å². The summed E-state index contributed by atoms with van der Waals surface area (Å²) in [7, 11) is 3.70. The third-order valence-corrected chi connectivity index (χ3v) is 9.46. The van der Waals surface area contributed by atoms with E-state index in [1.165, 1.54) is 0 Å². The molecule has 1 aliphatic heterocycles. The summed E-state index contributed by atoms with van der Waals surface area (Å²) in [6.45, 7) is 16.3. The SMILES string of the molecule is CNc1nc(/C=C(\C)[C@@H]2C[C@H](C)C(C)(C)CCC[C@H](C)[C@H](O)[C@@H](C)C(=O)C(C)(C)CCC(=O)O2)nc2c1ncn2C. The molecule has 2 aromatic rings. The molecule has 2 aromatic heterocycles. The molecule has 1 saturated heterocycles.